The fraction of sp³-hybridized carbons (Fsp3) is 0.182. The van der Waals surface area contributed by atoms with Crippen molar-refractivity contribution < 1.29 is 9.49 Å². The van der Waals surface area contributed by atoms with Gasteiger partial charge in [0.2, 0.25) is 11.7 Å². The lowest BCUT2D eigenvalue weighted by Gasteiger charge is -2.00. The maximum atomic E-state index is 10.8. The number of hydrogen-bond acceptors (Lipinski definition) is 2. The Morgan fingerprint density at radius 2 is 2.00 bits per heavy atom. The molecule has 0 fully saturated rings. The predicted molar refractivity (Wildman–Crippen MR) is 56.5 cm³/mol. The average molecular weight is 203 g/mol. The summed E-state index contributed by atoms with van der Waals surface area (Å²) in [5.41, 5.74) is 1.88. The van der Waals surface area contributed by atoms with Crippen LogP contribution >= 0.6 is 0 Å². The minimum absolute atomic E-state index is 0.163. The third-order valence-corrected chi connectivity index (χ3v) is 2.58. The van der Waals surface area contributed by atoms with Crippen LogP contribution in [0.4, 0.5) is 5.69 Å². The molecule has 4 nitrogen and oxygen atoms in total. The Morgan fingerprint density at radius 1 is 1.33 bits per heavy atom. The average Bonchev–Trinajstić information content (AvgIpc) is 2.23. The standard InChI is InChI=1S/C11H11N2O2/c1-8-9-5-3-4-6-10(9)12(2)7-11(8)13(14)15/h3-7H,1-2H3/q+1. The molecule has 0 saturated heterocycles. The van der Waals surface area contributed by atoms with E-state index < -0.39 is 0 Å². The molecule has 0 aliphatic carbocycles. The largest absolute Gasteiger partial charge is 0.335 e. The molecule has 0 radical (unpaired) electrons. The lowest BCUT2D eigenvalue weighted by atomic mass is 10.1. The molecule has 0 unspecified atom stereocenters. The molecule has 15 heavy (non-hydrogen) atoms. The van der Waals surface area contributed by atoms with Crippen LogP contribution < -0.4 is 4.57 Å². The summed E-state index contributed by atoms with van der Waals surface area (Å²) in [5, 5.41) is 11.7. The first-order valence-corrected chi connectivity index (χ1v) is 4.63. The van der Waals surface area contributed by atoms with Gasteiger partial charge >= 0.3 is 5.69 Å². The second-order valence-electron chi connectivity index (χ2n) is 3.52. The van der Waals surface area contributed by atoms with Crippen molar-refractivity contribution in [2.45, 2.75) is 6.92 Å². The number of nitro groups is 1. The molecule has 0 atom stereocenters. The van der Waals surface area contributed by atoms with Gasteiger partial charge in [0.05, 0.1) is 10.3 Å². The molecule has 2 aromatic rings. The third kappa shape index (κ3) is 1.44. The molecule has 0 spiro atoms. The van der Waals surface area contributed by atoms with Gasteiger partial charge in [0, 0.05) is 11.6 Å². The molecular weight excluding hydrogens is 192 g/mol. The number of aryl methyl sites for hydroxylation is 2. The van der Waals surface area contributed by atoms with Gasteiger partial charge in [0.15, 0.2) is 0 Å². The second kappa shape index (κ2) is 3.31. The molecule has 0 bridgehead atoms. The van der Waals surface area contributed by atoms with Gasteiger partial charge in [-0.2, -0.15) is 4.57 Å². The second-order valence-corrected chi connectivity index (χ2v) is 3.52. The Labute approximate surface area is 86.9 Å². The smallest absolute Gasteiger partial charge is 0.258 e. The quantitative estimate of drug-likeness (QED) is 0.403. The van der Waals surface area contributed by atoms with E-state index in [-0.39, 0.29) is 10.6 Å². The number of nitrogens with zero attached hydrogens (tertiary/aromatic N) is 2. The van der Waals surface area contributed by atoms with E-state index in [1.54, 1.807) is 17.7 Å². The monoisotopic (exact) mass is 203 g/mol. The van der Waals surface area contributed by atoms with Crippen LogP contribution in [0.25, 0.3) is 10.9 Å². The van der Waals surface area contributed by atoms with Crippen LogP contribution in [0, 0.1) is 17.0 Å². The molecule has 0 aliphatic heterocycles. The minimum Gasteiger partial charge on any atom is -0.258 e. The minimum atomic E-state index is -0.345. The Morgan fingerprint density at radius 3 is 2.67 bits per heavy atom. The highest BCUT2D eigenvalue weighted by Crippen LogP contribution is 2.23. The predicted octanol–water partition coefficient (Wildman–Crippen LogP) is 1.88. The fourth-order valence-electron chi connectivity index (χ4n) is 1.77. The van der Waals surface area contributed by atoms with Crippen molar-refractivity contribution in [2.75, 3.05) is 0 Å². The van der Waals surface area contributed by atoms with Gasteiger partial charge in [-0.1, -0.05) is 12.1 Å². The fourth-order valence-corrected chi connectivity index (χ4v) is 1.77. The number of rotatable bonds is 1. The van der Waals surface area contributed by atoms with E-state index >= 15 is 0 Å². The first-order valence-electron chi connectivity index (χ1n) is 4.63. The van der Waals surface area contributed by atoms with Crippen molar-refractivity contribution in [2.24, 2.45) is 7.05 Å². The van der Waals surface area contributed by atoms with Crippen molar-refractivity contribution in [3.63, 3.8) is 0 Å². The molecule has 0 N–H and O–H groups in total. The van der Waals surface area contributed by atoms with E-state index in [2.05, 4.69) is 0 Å². The van der Waals surface area contributed by atoms with Gasteiger partial charge in [-0.3, -0.25) is 10.1 Å². The van der Waals surface area contributed by atoms with E-state index in [1.807, 2.05) is 31.3 Å². The summed E-state index contributed by atoms with van der Waals surface area (Å²) >= 11 is 0. The van der Waals surface area contributed by atoms with Gasteiger partial charge in [0.25, 0.3) is 0 Å². The molecule has 76 valence electrons. The number of para-hydroxylation sites is 1. The zero-order valence-electron chi connectivity index (χ0n) is 8.60. The van der Waals surface area contributed by atoms with Gasteiger partial charge < -0.3 is 0 Å². The van der Waals surface area contributed by atoms with E-state index in [0.29, 0.717) is 5.56 Å². The van der Waals surface area contributed by atoms with Crippen LogP contribution in [0.15, 0.2) is 30.5 Å². The lowest BCUT2D eigenvalue weighted by molar-refractivity contribution is -0.648. The van der Waals surface area contributed by atoms with Crippen LogP contribution in [0.2, 0.25) is 0 Å². The van der Waals surface area contributed by atoms with E-state index in [0.717, 1.165) is 10.9 Å². The molecule has 0 saturated carbocycles. The van der Waals surface area contributed by atoms with Crippen molar-refractivity contribution in [3.8, 4) is 0 Å². The molecular formula is C11H11N2O2+. The Bertz CT molecular complexity index is 550. The molecule has 2 rings (SSSR count). The molecule has 1 aromatic heterocycles. The first kappa shape index (κ1) is 9.58. The highest BCUT2D eigenvalue weighted by atomic mass is 16.6. The molecule has 0 aliphatic rings. The zero-order chi connectivity index (χ0) is 11.0. The summed E-state index contributed by atoms with van der Waals surface area (Å²) in [6, 6.07) is 7.66. The summed E-state index contributed by atoms with van der Waals surface area (Å²) in [6.45, 7) is 1.78. The first-order chi connectivity index (χ1) is 7.11. The van der Waals surface area contributed by atoms with Crippen LogP contribution in [0.1, 0.15) is 5.56 Å². The van der Waals surface area contributed by atoms with Gasteiger partial charge in [-0.05, 0) is 13.0 Å². The highest BCUT2D eigenvalue weighted by Gasteiger charge is 2.20. The Kier molecular flexibility index (Phi) is 2.11. The van der Waals surface area contributed by atoms with Crippen LogP contribution in [-0.2, 0) is 7.05 Å². The van der Waals surface area contributed by atoms with Gasteiger partial charge in [-0.15, -0.1) is 0 Å². The van der Waals surface area contributed by atoms with E-state index in [1.165, 1.54) is 0 Å². The van der Waals surface area contributed by atoms with Crippen LogP contribution in [0.3, 0.4) is 0 Å². The Hall–Kier alpha value is -1.97. The molecule has 1 aromatic carbocycles. The molecule has 4 heteroatoms. The van der Waals surface area contributed by atoms with Crippen molar-refractivity contribution in [1.29, 1.82) is 0 Å². The summed E-state index contributed by atoms with van der Waals surface area (Å²) in [7, 11) is 1.81. The molecule has 0 amide bonds. The van der Waals surface area contributed by atoms with Gasteiger partial charge in [0.1, 0.15) is 7.05 Å². The summed E-state index contributed by atoms with van der Waals surface area (Å²) in [6.07, 6.45) is 1.55. The number of aromatic nitrogens is 1. The topological polar surface area (TPSA) is 47.0 Å². The summed E-state index contributed by atoms with van der Waals surface area (Å²) < 4.78 is 1.78. The number of pyridine rings is 1. The molecule has 1 heterocycles. The van der Waals surface area contributed by atoms with E-state index in [4.69, 9.17) is 0 Å². The summed E-state index contributed by atoms with van der Waals surface area (Å²) in [5.74, 6) is 0. The normalized spacial score (nSPS) is 10.5. The highest BCUT2D eigenvalue weighted by molar-refractivity contribution is 5.81. The van der Waals surface area contributed by atoms with Crippen LogP contribution in [-0.4, -0.2) is 4.92 Å². The van der Waals surface area contributed by atoms with Crippen molar-refractivity contribution in [1.82, 2.24) is 0 Å². The number of hydrogen-bond donors (Lipinski definition) is 0. The third-order valence-electron chi connectivity index (χ3n) is 2.58. The Balaban J connectivity index is 2.90. The number of fused-ring (bicyclic) bond motifs is 1. The van der Waals surface area contributed by atoms with Crippen molar-refractivity contribution in [3.05, 3.63) is 46.1 Å². The van der Waals surface area contributed by atoms with Crippen molar-refractivity contribution >= 4 is 16.6 Å². The lowest BCUT2D eigenvalue weighted by Crippen LogP contribution is -2.29. The summed E-state index contributed by atoms with van der Waals surface area (Å²) in [4.78, 5) is 10.5. The van der Waals surface area contributed by atoms with Crippen LogP contribution in [0.5, 0.6) is 0 Å². The zero-order valence-corrected chi connectivity index (χ0v) is 8.60. The van der Waals surface area contributed by atoms with Gasteiger partial charge in [-0.25, -0.2) is 0 Å². The maximum absolute atomic E-state index is 10.8. The number of benzene rings is 1. The SMILES string of the molecule is Cc1c([N+](=O)[O-])c[n+](C)c2ccccc12. The maximum Gasteiger partial charge on any atom is 0.335 e. The van der Waals surface area contributed by atoms with E-state index in [9.17, 15) is 10.1 Å².